The van der Waals surface area contributed by atoms with Gasteiger partial charge in [0, 0.05) is 6.42 Å². The van der Waals surface area contributed by atoms with E-state index in [-0.39, 0.29) is 6.04 Å². The number of benzene rings is 1. The number of nitrogens with two attached hydrogens (primary N) is 1. The van der Waals surface area contributed by atoms with Crippen LogP contribution in [0.2, 0.25) is 0 Å². The molecule has 0 amide bonds. The highest BCUT2D eigenvalue weighted by Crippen LogP contribution is 2.38. The highest BCUT2D eigenvalue weighted by molar-refractivity contribution is 5.28. The van der Waals surface area contributed by atoms with E-state index in [1.807, 2.05) is 24.3 Å². The Morgan fingerprint density at radius 1 is 1.37 bits per heavy atom. The maximum atomic E-state index is 6.03. The van der Waals surface area contributed by atoms with Gasteiger partial charge in [0.15, 0.2) is 5.82 Å². The highest BCUT2D eigenvalue weighted by Gasteiger charge is 2.33. The third-order valence-corrected chi connectivity index (χ3v) is 3.42. The van der Waals surface area contributed by atoms with Crippen molar-refractivity contribution in [1.29, 1.82) is 0 Å². The Labute approximate surface area is 111 Å². The zero-order valence-corrected chi connectivity index (χ0v) is 10.9. The monoisotopic (exact) mass is 259 g/mol. The number of aromatic nitrogens is 2. The summed E-state index contributed by atoms with van der Waals surface area (Å²) in [4.78, 5) is 4.38. The lowest BCUT2D eigenvalue weighted by atomic mass is 10.1. The molecule has 1 aliphatic carbocycles. The lowest BCUT2D eigenvalue weighted by Crippen LogP contribution is -2.12. The summed E-state index contributed by atoms with van der Waals surface area (Å²) >= 11 is 0. The second-order valence-corrected chi connectivity index (χ2v) is 4.94. The highest BCUT2D eigenvalue weighted by atomic mass is 16.5. The third kappa shape index (κ3) is 2.76. The first kappa shape index (κ1) is 12.2. The Balaban J connectivity index is 1.68. The predicted molar refractivity (Wildman–Crippen MR) is 69.8 cm³/mol. The van der Waals surface area contributed by atoms with Crippen molar-refractivity contribution in [2.75, 3.05) is 7.11 Å². The van der Waals surface area contributed by atoms with E-state index in [1.165, 1.54) is 0 Å². The van der Waals surface area contributed by atoms with Gasteiger partial charge in [0.2, 0.25) is 5.89 Å². The van der Waals surface area contributed by atoms with E-state index in [4.69, 9.17) is 15.0 Å². The first-order chi connectivity index (χ1) is 9.26. The molecule has 5 nitrogen and oxygen atoms in total. The van der Waals surface area contributed by atoms with Gasteiger partial charge in [-0.1, -0.05) is 17.3 Å². The Morgan fingerprint density at radius 3 is 2.74 bits per heavy atom. The van der Waals surface area contributed by atoms with Crippen LogP contribution in [-0.4, -0.2) is 17.3 Å². The van der Waals surface area contributed by atoms with Crippen LogP contribution in [0.5, 0.6) is 5.75 Å². The van der Waals surface area contributed by atoms with Gasteiger partial charge in [0.25, 0.3) is 0 Å². The molecule has 5 heteroatoms. The molecule has 1 heterocycles. The average molecular weight is 259 g/mol. The van der Waals surface area contributed by atoms with Crippen LogP contribution in [0.15, 0.2) is 28.8 Å². The van der Waals surface area contributed by atoms with Crippen molar-refractivity contribution < 1.29 is 9.26 Å². The molecule has 0 radical (unpaired) electrons. The molecule has 1 fully saturated rings. The molecule has 0 bridgehead atoms. The number of hydrogen-bond acceptors (Lipinski definition) is 5. The van der Waals surface area contributed by atoms with Crippen LogP contribution in [0.3, 0.4) is 0 Å². The van der Waals surface area contributed by atoms with E-state index in [0.29, 0.717) is 24.1 Å². The fourth-order valence-corrected chi connectivity index (χ4v) is 2.06. The maximum Gasteiger partial charge on any atom is 0.243 e. The van der Waals surface area contributed by atoms with Gasteiger partial charge >= 0.3 is 0 Å². The van der Waals surface area contributed by atoms with E-state index in [1.54, 1.807) is 7.11 Å². The Kier molecular flexibility index (Phi) is 3.21. The number of nitrogens with zero attached hydrogens (tertiary/aromatic N) is 2. The van der Waals surface area contributed by atoms with E-state index in [9.17, 15) is 0 Å². The molecule has 1 atom stereocenters. The molecule has 1 aromatic heterocycles. The molecule has 2 N–H and O–H groups in total. The topological polar surface area (TPSA) is 74.2 Å². The van der Waals surface area contributed by atoms with Gasteiger partial charge in [-0.25, -0.2) is 0 Å². The summed E-state index contributed by atoms with van der Waals surface area (Å²) in [5.74, 6) is 2.60. The number of methoxy groups -OCH3 is 1. The summed E-state index contributed by atoms with van der Waals surface area (Å²) in [5, 5.41) is 3.99. The van der Waals surface area contributed by atoms with Crippen LogP contribution < -0.4 is 10.5 Å². The molecule has 2 aromatic rings. The van der Waals surface area contributed by atoms with Crippen LogP contribution in [0.4, 0.5) is 0 Å². The summed E-state index contributed by atoms with van der Waals surface area (Å²) < 4.78 is 10.4. The van der Waals surface area contributed by atoms with E-state index < -0.39 is 0 Å². The summed E-state index contributed by atoms with van der Waals surface area (Å²) in [6.45, 7) is 0. The average Bonchev–Trinajstić information content (AvgIpc) is 3.19. The van der Waals surface area contributed by atoms with Crippen molar-refractivity contribution in [1.82, 2.24) is 10.1 Å². The van der Waals surface area contributed by atoms with E-state index in [0.717, 1.165) is 24.2 Å². The van der Waals surface area contributed by atoms with Crippen molar-refractivity contribution in [2.24, 2.45) is 11.7 Å². The molecule has 19 heavy (non-hydrogen) atoms. The van der Waals surface area contributed by atoms with Gasteiger partial charge in [-0.3, -0.25) is 0 Å². The first-order valence-corrected chi connectivity index (χ1v) is 6.47. The molecule has 3 rings (SSSR count). The third-order valence-electron chi connectivity index (χ3n) is 3.42. The minimum absolute atomic E-state index is 0.0999. The smallest absolute Gasteiger partial charge is 0.243 e. The standard InChI is InChI=1S/C14H17N3O2/c1-18-11-6-2-9(3-7-11)8-12-16-14(19-17-12)13(15)10-4-5-10/h2-3,6-7,10,13H,4-5,8,15H2,1H3. The molecule has 1 unspecified atom stereocenters. The fraction of sp³-hybridized carbons (Fsp3) is 0.429. The molecular formula is C14H17N3O2. The number of hydrogen-bond donors (Lipinski definition) is 1. The molecule has 1 aromatic carbocycles. The molecule has 100 valence electrons. The largest absolute Gasteiger partial charge is 0.497 e. The quantitative estimate of drug-likeness (QED) is 0.889. The fourth-order valence-electron chi connectivity index (χ4n) is 2.06. The summed E-state index contributed by atoms with van der Waals surface area (Å²) in [6, 6.07) is 7.74. The molecule has 0 aliphatic heterocycles. The minimum atomic E-state index is -0.0999. The van der Waals surface area contributed by atoms with Crippen molar-refractivity contribution in [3.63, 3.8) is 0 Å². The Morgan fingerprint density at radius 2 is 2.11 bits per heavy atom. The lowest BCUT2D eigenvalue weighted by Gasteiger charge is -2.02. The summed E-state index contributed by atoms with van der Waals surface area (Å²) in [7, 11) is 1.65. The Hall–Kier alpha value is -1.88. The molecule has 0 saturated heterocycles. The first-order valence-electron chi connectivity index (χ1n) is 6.47. The second kappa shape index (κ2) is 5.01. The summed E-state index contributed by atoms with van der Waals surface area (Å²) in [6.07, 6.45) is 2.97. The Bertz CT molecular complexity index is 546. The van der Waals surface area contributed by atoms with Gasteiger partial charge in [0.05, 0.1) is 13.2 Å². The normalized spacial score (nSPS) is 16.3. The number of rotatable bonds is 5. The minimum Gasteiger partial charge on any atom is -0.497 e. The van der Waals surface area contributed by atoms with Gasteiger partial charge < -0.3 is 15.0 Å². The summed E-state index contributed by atoms with van der Waals surface area (Å²) in [5.41, 5.74) is 7.15. The molecule has 1 saturated carbocycles. The lowest BCUT2D eigenvalue weighted by molar-refractivity contribution is 0.340. The van der Waals surface area contributed by atoms with Crippen LogP contribution in [-0.2, 0) is 6.42 Å². The van der Waals surface area contributed by atoms with Crippen molar-refractivity contribution in [3.05, 3.63) is 41.5 Å². The van der Waals surface area contributed by atoms with Gasteiger partial charge in [-0.05, 0) is 36.5 Å². The van der Waals surface area contributed by atoms with Crippen LogP contribution in [0.1, 0.15) is 36.2 Å². The zero-order valence-electron chi connectivity index (χ0n) is 10.9. The predicted octanol–water partition coefficient (Wildman–Crippen LogP) is 2.08. The SMILES string of the molecule is COc1ccc(Cc2noc(C(N)C3CC3)n2)cc1. The zero-order chi connectivity index (χ0) is 13.2. The van der Waals surface area contributed by atoms with Crippen molar-refractivity contribution in [3.8, 4) is 5.75 Å². The second-order valence-electron chi connectivity index (χ2n) is 4.94. The molecule has 1 aliphatic rings. The van der Waals surface area contributed by atoms with Crippen LogP contribution >= 0.6 is 0 Å². The number of ether oxygens (including phenoxy) is 1. The van der Waals surface area contributed by atoms with Crippen molar-refractivity contribution >= 4 is 0 Å². The molecular weight excluding hydrogens is 242 g/mol. The van der Waals surface area contributed by atoms with Gasteiger partial charge in [-0.15, -0.1) is 0 Å². The van der Waals surface area contributed by atoms with Crippen LogP contribution in [0, 0.1) is 5.92 Å². The van der Waals surface area contributed by atoms with Crippen molar-refractivity contribution in [2.45, 2.75) is 25.3 Å². The van der Waals surface area contributed by atoms with Gasteiger partial charge in [-0.2, -0.15) is 4.98 Å². The van der Waals surface area contributed by atoms with Crippen LogP contribution in [0.25, 0.3) is 0 Å². The van der Waals surface area contributed by atoms with E-state index in [2.05, 4.69) is 10.1 Å². The van der Waals surface area contributed by atoms with Gasteiger partial charge in [0.1, 0.15) is 5.75 Å². The maximum absolute atomic E-state index is 6.03. The van der Waals surface area contributed by atoms with E-state index >= 15 is 0 Å². The molecule has 0 spiro atoms.